The minimum atomic E-state index is -4.09. The van der Waals surface area contributed by atoms with Crippen LogP contribution in [0.1, 0.15) is 6.42 Å². The molecule has 2 aromatic carbocycles. The highest BCUT2D eigenvalue weighted by Crippen LogP contribution is 2.28. The number of tetrazole rings is 1. The zero-order valence-corrected chi connectivity index (χ0v) is 17.2. The van der Waals surface area contributed by atoms with Crippen LogP contribution >= 0.6 is 0 Å². The first-order valence-electron chi connectivity index (χ1n) is 9.27. The quantitative estimate of drug-likeness (QED) is 0.555. The molecule has 0 radical (unpaired) electrons. The van der Waals surface area contributed by atoms with Gasteiger partial charge in [-0.2, -0.15) is 4.31 Å². The summed E-state index contributed by atoms with van der Waals surface area (Å²) in [5, 5.41) is 31.3. The number of benzene rings is 2. The van der Waals surface area contributed by atoms with Crippen LogP contribution in [0.25, 0.3) is 17.1 Å². The van der Waals surface area contributed by atoms with Crippen molar-refractivity contribution in [1.82, 2.24) is 24.5 Å². The predicted octanol–water partition coefficient (Wildman–Crippen LogP) is 0.546. The van der Waals surface area contributed by atoms with Crippen LogP contribution in [-0.2, 0) is 14.8 Å². The summed E-state index contributed by atoms with van der Waals surface area (Å²) in [5.41, 5.74) is 1.21. The van der Waals surface area contributed by atoms with E-state index in [4.69, 9.17) is 4.74 Å². The van der Waals surface area contributed by atoms with Gasteiger partial charge in [-0.05, 0) is 53.7 Å². The second-order valence-corrected chi connectivity index (χ2v) is 8.83. The number of carboxylic acids is 1. The van der Waals surface area contributed by atoms with Crippen molar-refractivity contribution in [2.24, 2.45) is 0 Å². The fraction of sp³-hybridized carbons (Fsp3) is 0.263. The number of ether oxygens (including phenoxy) is 1. The summed E-state index contributed by atoms with van der Waals surface area (Å²) < 4.78 is 31.7. The zero-order valence-electron chi connectivity index (χ0n) is 16.4. The fourth-order valence-corrected chi connectivity index (χ4v) is 4.97. The summed E-state index contributed by atoms with van der Waals surface area (Å²) in [5.74, 6) is -0.313. The Morgan fingerprint density at radius 3 is 2.42 bits per heavy atom. The molecule has 2 N–H and O–H groups in total. The smallest absolute Gasteiger partial charge is 0.322 e. The van der Waals surface area contributed by atoms with Crippen LogP contribution in [0.5, 0.6) is 5.75 Å². The second kappa shape index (κ2) is 8.06. The van der Waals surface area contributed by atoms with Crippen molar-refractivity contribution in [2.75, 3.05) is 13.7 Å². The molecule has 1 aromatic heterocycles. The molecule has 1 fully saturated rings. The van der Waals surface area contributed by atoms with Crippen molar-refractivity contribution >= 4 is 16.0 Å². The standard InChI is InChI=1S/C19H19N5O6S/c1-30-15-6-4-13(5-7-15)24-21-18(20-22-24)12-2-8-16(9-3-12)31(28,29)23-11-14(25)10-17(23)19(26)27/h2-9,14,17,25H,10-11H2,1H3,(H,26,27)/t14-,17-/m1/s1. The monoisotopic (exact) mass is 445 g/mol. The molecule has 11 nitrogen and oxygen atoms in total. The third kappa shape index (κ3) is 4.00. The number of hydrogen-bond donors (Lipinski definition) is 2. The molecular formula is C19H19N5O6S. The van der Waals surface area contributed by atoms with Crippen LogP contribution in [0.3, 0.4) is 0 Å². The highest BCUT2D eigenvalue weighted by Gasteiger charge is 2.43. The van der Waals surface area contributed by atoms with Crippen molar-refractivity contribution in [3.8, 4) is 22.8 Å². The third-order valence-corrected chi connectivity index (χ3v) is 6.84. The number of rotatable bonds is 6. The van der Waals surface area contributed by atoms with E-state index in [0.29, 0.717) is 22.8 Å². The average Bonchev–Trinajstić information content (AvgIpc) is 3.41. The Labute approximate surface area is 177 Å². The number of aliphatic hydroxyl groups is 1. The number of aliphatic carboxylic acids is 1. The van der Waals surface area contributed by atoms with Gasteiger partial charge in [-0.1, -0.05) is 0 Å². The highest BCUT2D eigenvalue weighted by atomic mass is 32.2. The molecular weight excluding hydrogens is 426 g/mol. The molecule has 2 atom stereocenters. The van der Waals surface area contributed by atoms with Gasteiger partial charge in [-0.15, -0.1) is 15.0 Å². The maximum absolute atomic E-state index is 12.9. The van der Waals surface area contributed by atoms with E-state index in [9.17, 15) is 23.4 Å². The summed E-state index contributed by atoms with van der Waals surface area (Å²) in [4.78, 5) is 12.6. The summed E-state index contributed by atoms with van der Waals surface area (Å²) >= 11 is 0. The number of aliphatic hydroxyl groups excluding tert-OH is 1. The number of methoxy groups -OCH3 is 1. The maximum Gasteiger partial charge on any atom is 0.322 e. The van der Waals surface area contributed by atoms with E-state index in [-0.39, 0.29) is 17.9 Å². The van der Waals surface area contributed by atoms with Crippen LogP contribution < -0.4 is 4.74 Å². The van der Waals surface area contributed by atoms with Gasteiger partial charge in [-0.3, -0.25) is 4.79 Å². The highest BCUT2D eigenvalue weighted by molar-refractivity contribution is 7.89. The van der Waals surface area contributed by atoms with Gasteiger partial charge in [0, 0.05) is 18.5 Å². The van der Waals surface area contributed by atoms with E-state index in [1.54, 1.807) is 31.4 Å². The van der Waals surface area contributed by atoms with Crippen LogP contribution in [-0.4, -0.2) is 74.9 Å². The Morgan fingerprint density at radius 2 is 1.81 bits per heavy atom. The van der Waals surface area contributed by atoms with E-state index in [1.165, 1.54) is 29.1 Å². The largest absolute Gasteiger partial charge is 0.497 e. The normalized spacial score (nSPS) is 19.4. The SMILES string of the molecule is COc1ccc(-n2nnc(-c3ccc(S(=O)(=O)N4C[C@H](O)C[C@@H]4C(=O)O)cc3)n2)cc1. The van der Waals surface area contributed by atoms with Crippen molar-refractivity contribution in [2.45, 2.75) is 23.5 Å². The lowest BCUT2D eigenvalue weighted by molar-refractivity contribution is -0.140. The summed E-state index contributed by atoms with van der Waals surface area (Å²) in [6, 6.07) is 11.5. The molecule has 0 unspecified atom stereocenters. The second-order valence-electron chi connectivity index (χ2n) is 6.94. The van der Waals surface area contributed by atoms with E-state index in [2.05, 4.69) is 15.4 Å². The lowest BCUT2D eigenvalue weighted by Crippen LogP contribution is -2.40. The molecule has 0 bridgehead atoms. The van der Waals surface area contributed by atoms with Crippen LogP contribution in [0.2, 0.25) is 0 Å². The molecule has 1 aliphatic rings. The van der Waals surface area contributed by atoms with Gasteiger partial charge in [0.15, 0.2) is 0 Å². The Bertz CT molecular complexity index is 1190. The van der Waals surface area contributed by atoms with Crippen molar-refractivity contribution < 1.29 is 28.2 Å². The first kappa shape index (κ1) is 20.9. The third-order valence-electron chi connectivity index (χ3n) is 4.95. The molecule has 0 amide bonds. The van der Waals surface area contributed by atoms with Crippen molar-refractivity contribution in [3.63, 3.8) is 0 Å². The molecule has 31 heavy (non-hydrogen) atoms. The molecule has 4 rings (SSSR count). The number of β-amino-alcohol motifs (C(OH)–C–C–N with tert-alkyl or cyclic N) is 1. The number of carbonyl (C=O) groups is 1. The van der Waals surface area contributed by atoms with Gasteiger partial charge in [0.2, 0.25) is 15.8 Å². The summed E-state index contributed by atoms with van der Waals surface area (Å²) in [7, 11) is -2.52. The van der Waals surface area contributed by atoms with E-state index < -0.39 is 28.1 Å². The molecule has 2 heterocycles. The van der Waals surface area contributed by atoms with E-state index >= 15 is 0 Å². The van der Waals surface area contributed by atoms with E-state index in [1.807, 2.05) is 0 Å². The van der Waals surface area contributed by atoms with Crippen molar-refractivity contribution in [3.05, 3.63) is 48.5 Å². The molecule has 3 aromatic rings. The van der Waals surface area contributed by atoms with Crippen LogP contribution in [0, 0.1) is 0 Å². The summed E-state index contributed by atoms with van der Waals surface area (Å²) in [6.07, 6.45) is -1.17. The lowest BCUT2D eigenvalue weighted by atomic mass is 10.2. The lowest BCUT2D eigenvalue weighted by Gasteiger charge is -2.20. The Kier molecular flexibility index (Phi) is 5.43. The Balaban J connectivity index is 1.57. The number of aromatic nitrogens is 4. The van der Waals surface area contributed by atoms with Gasteiger partial charge in [0.1, 0.15) is 11.8 Å². The van der Waals surface area contributed by atoms with Crippen LogP contribution in [0.15, 0.2) is 53.4 Å². The first-order valence-corrected chi connectivity index (χ1v) is 10.7. The number of sulfonamides is 1. The maximum atomic E-state index is 12.9. The number of carboxylic acid groups (broad SMARTS) is 1. The molecule has 0 aliphatic carbocycles. The predicted molar refractivity (Wildman–Crippen MR) is 107 cm³/mol. The van der Waals surface area contributed by atoms with Gasteiger partial charge >= 0.3 is 5.97 Å². The fourth-order valence-electron chi connectivity index (χ4n) is 3.34. The Hall–Kier alpha value is -3.35. The molecule has 1 aliphatic heterocycles. The molecule has 162 valence electrons. The molecule has 1 saturated heterocycles. The Morgan fingerprint density at radius 1 is 1.13 bits per heavy atom. The van der Waals surface area contributed by atoms with Gasteiger partial charge in [0.25, 0.3) is 0 Å². The molecule has 12 heteroatoms. The van der Waals surface area contributed by atoms with Crippen LogP contribution in [0.4, 0.5) is 0 Å². The molecule has 0 spiro atoms. The summed E-state index contributed by atoms with van der Waals surface area (Å²) in [6.45, 7) is -0.265. The first-order chi connectivity index (χ1) is 14.8. The number of hydrogen-bond acceptors (Lipinski definition) is 8. The van der Waals surface area contributed by atoms with Gasteiger partial charge < -0.3 is 14.9 Å². The molecule has 0 saturated carbocycles. The average molecular weight is 445 g/mol. The number of nitrogens with zero attached hydrogens (tertiary/aromatic N) is 5. The van der Waals surface area contributed by atoms with Gasteiger partial charge in [0.05, 0.1) is 23.8 Å². The van der Waals surface area contributed by atoms with Gasteiger partial charge in [-0.25, -0.2) is 8.42 Å². The minimum absolute atomic E-state index is 0.0841. The van der Waals surface area contributed by atoms with E-state index in [0.717, 1.165) is 4.31 Å². The minimum Gasteiger partial charge on any atom is -0.497 e. The zero-order chi connectivity index (χ0) is 22.2. The van der Waals surface area contributed by atoms with Crippen molar-refractivity contribution in [1.29, 1.82) is 0 Å². The topological polar surface area (TPSA) is 148 Å².